The van der Waals surface area contributed by atoms with E-state index in [1.165, 1.54) is 25.2 Å². The first-order valence-electron chi connectivity index (χ1n) is 7.72. The van der Waals surface area contributed by atoms with E-state index in [1.54, 1.807) is 31.4 Å². The van der Waals surface area contributed by atoms with Crippen molar-refractivity contribution in [2.24, 2.45) is 11.8 Å². The lowest BCUT2D eigenvalue weighted by atomic mass is 9.76. The second-order valence-electron chi connectivity index (χ2n) is 5.22. The molecular weight excluding hydrogens is 332 g/mol. The van der Waals surface area contributed by atoms with Gasteiger partial charge in [-0.15, -0.1) is 11.3 Å². The van der Waals surface area contributed by atoms with Crippen molar-refractivity contribution in [3.8, 4) is 0 Å². The van der Waals surface area contributed by atoms with Gasteiger partial charge in [0.25, 0.3) is 0 Å². The Hall–Kier alpha value is -2.02. The molecule has 1 heterocycles. The molecule has 0 fully saturated rings. The Morgan fingerprint density at radius 2 is 1.42 bits per heavy atom. The zero-order valence-corrected chi connectivity index (χ0v) is 15.1. The predicted octanol–water partition coefficient (Wildman–Crippen LogP) is 2.37. The summed E-state index contributed by atoms with van der Waals surface area (Å²) in [7, 11) is 0. The fraction of sp³-hybridized carbons (Fsp3) is 0.529. The van der Waals surface area contributed by atoms with E-state index < -0.39 is 41.3 Å². The van der Waals surface area contributed by atoms with Crippen LogP contribution < -0.4 is 0 Å². The average molecular weight is 354 g/mol. The number of thiophene rings is 1. The molecule has 0 saturated heterocycles. The van der Waals surface area contributed by atoms with Crippen LogP contribution in [0.25, 0.3) is 0 Å². The molecule has 7 heteroatoms. The number of hydrogen-bond donors (Lipinski definition) is 0. The number of carbonyl (C=O) groups excluding carboxylic acids is 4. The summed E-state index contributed by atoms with van der Waals surface area (Å²) in [5.74, 6) is -5.79. The summed E-state index contributed by atoms with van der Waals surface area (Å²) in [6, 6.07) is 3.43. The summed E-state index contributed by atoms with van der Waals surface area (Å²) in [6.45, 7) is 5.97. The van der Waals surface area contributed by atoms with Crippen LogP contribution in [0.15, 0.2) is 17.5 Å². The van der Waals surface area contributed by atoms with Crippen molar-refractivity contribution in [2.45, 2.75) is 33.6 Å². The third kappa shape index (κ3) is 4.74. The van der Waals surface area contributed by atoms with Gasteiger partial charge in [0.15, 0.2) is 0 Å². The largest absolute Gasteiger partial charge is 0.465 e. The van der Waals surface area contributed by atoms with Crippen LogP contribution in [0, 0.1) is 11.8 Å². The molecule has 0 aromatic carbocycles. The minimum atomic E-state index is -1.23. The maximum Gasteiger partial charge on any atom is 0.317 e. The van der Waals surface area contributed by atoms with E-state index >= 15 is 0 Å². The number of carbonyl (C=O) groups is 4. The van der Waals surface area contributed by atoms with Crippen LogP contribution in [0.4, 0.5) is 0 Å². The minimum Gasteiger partial charge on any atom is -0.465 e. The van der Waals surface area contributed by atoms with Gasteiger partial charge >= 0.3 is 11.9 Å². The number of rotatable bonds is 9. The molecule has 1 unspecified atom stereocenters. The van der Waals surface area contributed by atoms with Gasteiger partial charge in [0.1, 0.15) is 23.4 Å². The average Bonchev–Trinajstić information content (AvgIpc) is 3.00. The molecule has 132 valence electrons. The van der Waals surface area contributed by atoms with Gasteiger partial charge in [0.05, 0.1) is 13.2 Å². The molecule has 6 nitrogen and oxygen atoms in total. The highest BCUT2D eigenvalue weighted by Crippen LogP contribution is 2.38. The Kier molecular flexibility index (Phi) is 7.78. The highest BCUT2D eigenvalue weighted by molar-refractivity contribution is 7.10. The van der Waals surface area contributed by atoms with Crippen LogP contribution in [0.2, 0.25) is 0 Å². The van der Waals surface area contributed by atoms with E-state index in [0.29, 0.717) is 4.88 Å². The molecule has 0 aliphatic heterocycles. The summed E-state index contributed by atoms with van der Waals surface area (Å²) >= 11 is 1.27. The Bertz CT molecular complexity index is 556. The lowest BCUT2D eigenvalue weighted by Crippen LogP contribution is -2.40. The lowest BCUT2D eigenvalue weighted by molar-refractivity contribution is -0.157. The van der Waals surface area contributed by atoms with Gasteiger partial charge in [-0.25, -0.2) is 0 Å². The number of Topliss-reactive ketones (excluding diaryl/α,β-unsaturated/α-hetero) is 2. The van der Waals surface area contributed by atoms with Gasteiger partial charge in [0.2, 0.25) is 0 Å². The van der Waals surface area contributed by atoms with Crippen molar-refractivity contribution < 1.29 is 28.7 Å². The zero-order chi connectivity index (χ0) is 18.3. The van der Waals surface area contributed by atoms with Crippen molar-refractivity contribution >= 4 is 34.8 Å². The van der Waals surface area contributed by atoms with E-state index in [2.05, 4.69) is 0 Å². The Balaban J connectivity index is 3.42. The third-order valence-electron chi connectivity index (χ3n) is 3.55. The van der Waals surface area contributed by atoms with Crippen molar-refractivity contribution in [1.29, 1.82) is 0 Å². The van der Waals surface area contributed by atoms with Gasteiger partial charge < -0.3 is 9.47 Å². The summed E-state index contributed by atoms with van der Waals surface area (Å²) in [6.07, 6.45) is 0. The van der Waals surface area contributed by atoms with Crippen LogP contribution in [-0.2, 0) is 28.7 Å². The van der Waals surface area contributed by atoms with Crippen molar-refractivity contribution in [3.05, 3.63) is 22.4 Å². The highest BCUT2D eigenvalue weighted by Gasteiger charge is 2.45. The summed E-state index contributed by atoms with van der Waals surface area (Å²) in [4.78, 5) is 49.5. The molecule has 1 aromatic heterocycles. The summed E-state index contributed by atoms with van der Waals surface area (Å²) < 4.78 is 9.99. The third-order valence-corrected chi connectivity index (χ3v) is 4.52. The number of ketones is 2. The first kappa shape index (κ1) is 20.0. The van der Waals surface area contributed by atoms with Gasteiger partial charge in [-0.1, -0.05) is 6.07 Å². The zero-order valence-electron chi connectivity index (χ0n) is 14.2. The Morgan fingerprint density at radius 3 is 1.71 bits per heavy atom. The predicted molar refractivity (Wildman–Crippen MR) is 88.7 cm³/mol. The first-order chi connectivity index (χ1) is 11.3. The maximum atomic E-state index is 12.3. The van der Waals surface area contributed by atoms with Gasteiger partial charge in [-0.05, 0) is 39.1 Å². The Morgan fingerprint density at radius 1 is 0.958 bits per heavy atom. The summed E-state index contributed by atoms with van der Waals surface area (Å²) in [5, 5.41) is 1.76. The van der Waals surface area contributed by atoms with Gasteiger partial charge in [-0.3, -0.25) is 19.2 Å². The first-order valence-corrected chi connectivity index (χ1v) is 8.60. The molecule has 0 amide bonds. The second-order valence-corrected chi connectivity index (χ2v) is 6.20. The number of esters is 2. The minimum absolute atomic E-state index is 0.101. The highest BCUT2D eigenvalue weighted by atomic mass is 32.1. The second kappa shape index (κ2) is 9.32. The smallest absolute Gasteiger partial charge is 0.317 e. The monoisotopic (exact) mass is 354 g/mol. The van der Waals surface area contributed by atoms with Crippen LogP contribution in [0.1, 0.15) is 38.5 Å². The molecule has 24 heavy (non-hydrogen) atoms. The lowest BCUT2D eigenvalue weighted by Gasteiger charge is -2.27. The molecular formula is C17H22O6S. The number of hydrogen-bond acceptors (Lipinski definition) is 7. The van der Waals surface area contributed by atoms with E-state index in [1.807, 2.05) is 0 Å². The van der Waals surface area contributed by atoms with E-state index in [4.69, 9.17) is 9.47 Å². The molecule has 0 saturated carbocycles. The molecule has 0 aliphatic rings. The van der Waals surface area contributed by atoms with E-state index in [-0.39, 0.29) is 13.2 Å². The fourth-order valence-corrected chi connectivity index (χ4v) is 3.50. The topological polar surface area (TPSA) is 86.7 Å². The maximum absolute atomic E-state index is 12.3. The van der Waals surface area contributed by atoms with E-state index in [0.717, 1.165) is 0 Å². The SMILES string of the molecule is CCOC(=O)[C@@H](C(C)=O)C(c1cccs1)[C@@H](C(C)=O)C(=O)OCC. The van der Waals surface area contributed by atoms with Crippen LogP contribution >= 0.6 is 11.3 Å². The molecule has 0 radical (unpaired) electrons. The molecule has 1 aromatic rings. The molecule has 0 N–H and O–H groups in total. The van der Waals surface area contributed by atoms with Crippen molar-refractivity contribution in [1.82, 2.24) is 0 Å². The Labute approximate surface area is 145 Å². The van der Waals surface area contributed by atoms with E-state index in [9.17, 15) is 19.2 Å². The summed E-state index contributed by atoms with van der Waals surface area (Å²) in [5.41, 5.74) is 0. The van der Waals surface area contributed by atoms with Crippen LogP contribution in [-0.4, -0.2) is 36.7 Å². The van der Waals surface area contributed by atoms with Crippen LogP contribution in [0.3, 0.4) is 0 Å². The van der Waals surface area contributed by atoms with Crippen molar-refractivity contribution in [2.75, 3.05) is 13.2 Å². The molecule has 3 atom stereocenters. The normalized spacial score (nSPS) is 14.3. The molecule has 0 bridgehead atoms. The molecule has 0 aliphatic carbocycles. The van der Waals surface area contributed by atoms with Gasteiger partial charge in [-0.2, -0.15) is 0 Å². The molecule has 0 spiro atoms. The van der Waals surface area contributed by atoms with Crippen LogP contribution in [0.5, 0.6) is 0 Å². The standard InChI is InChI=1S/C17H22O6S/c1-5-22-16(20)13(10(3)18)15(12-8-7-9-24-12)14(11(4)19)17(21)23-6-2/h7-9,13-15H,5-6H2,1-4H3/t13-,14+,15?. The van der Waals surface area contributed by atoms with Gasteiger partial charge in [0, 0.05) is 10.8 Å². The number of ether oxygens (including phenoxy) is 2. The quantitative estimate of drug-likeness (QED) is 0.500. The fourth-order valence-electron chi connectivity index (χ4n) is 2.60. The molecule has 1 rings (SSSR count). The van der Waals surface area contributed by atoms with Crippen molar-refractivity contribution in [3.63, 3.8) is 0 Å².